The molecule has 0 amide bonds. The molecule has 0 bridgehead atoms. The zero-order valence-corrected chi connectivity index (χ0v) is 11.2. The van der Waals surface area contributed by atoms with Gasteiger partial charge in [0, 0.05) is 12.0 Å². The van der Waals surface area contributed by atoms with E-state index in [1.165, 1.54) is 50.9 Å². The molecular formula is C13H25NOS. The van der Waals surface area contributed by atoms with Crippen LogP contribution in [0.25, 0.3) is 0 Å². The summed E-state index contributed by atoms with van der Waals surface area (Å²) in [4.78, 5) is 2.65. The van der Waals surface area contributed by atoms with Crippen LogP contribution in [0.3, 0.4) is 0 Å². The minimum absolute atomic E-state index is 0.00819. The first-order valence-corrected chi connectivity index (χ1v) is 8.13. The van der Waals surface area contributed by atoms with Crippen molar-refractivity contribution in [2.75, 3.05) is 25.1 Å². The van der Waals surface area contributed by atoms with Crippen LogP contribution in [-0.2, 0) is 0 Å². The molecular weight excluding hydrogens is 218 g/mol. The van der Waals surface area contributed by atoms with Gasteiger partial charge in [0.25, 0.3) is 0 Å². The summed E-state index contributed by atoms with van der Waals surface area (Å²) in [5, 5.41) is 10.0. The van der Waals surface area contributed by atoms with Crippen LogP contribution in [0.4, 0.5) is 0 Å². The van der Waals surface area contributed by atoms with Gasteiger partial charge in [0.15, 0.2) is 0 Å². The maximum atomic E-state index is 10.0. The number of likely N-dealkylation sites (tertiary alicyclic amines) is 1. The van der Waals surface area contributed by atoms with Crippen molar-refractivity contribution < 1.29 is 5.11 Å². The van der Waals surface area contributed by atoms with E-state index in [2.05, 4.69) is 11.2 Å². The zero-order chi connectivity index (χ0) is 11.4. The van der Waals surface area contributed by atoms with Crippen LogP contribution >= 0.6 is 11.8 Å². The fourth-order valence-electron chi connectivity index (χ4n) is 3.44. The Morgan fingerprint density at radius 1 is 1.25 bits per heavy atom. The lowest BCUT2D eigenvalue weighted by Crippen LogP contribution is -2.39. The Balaban J connectivity index is 1.82. The standard InChI is InChI=1S/C13H25NOS/c1-16-10-4-9-14-8-3-6-12(14)11-5-2-7-13(11)15/h11-13,15H,2-10H2,1H3. The van der Waals surface area contributed by atoms with Gasteiger partial charge in [-0.1, -0.05) is 6.42 Å². The Kier molecular flexibility index (Phi) is 4.98. The van der Waals surface area contributed by atoms with Crippen molar-refractivity contribution in [2.24, 2.45) is 5.92 Å². The number of nitrogens with zero attached hydrogens (tertiary/aromatic N) is 1. The fraction of sp³-hybridized carbons (Fsp3) is 1.00. The summed E-state index contributed by atoms with van der Waals surface area (Å²) in [5.74, 6) is 1.85. The molecule has 94 valence electrons. The van der Waals surface area contributed by atoms with Crippen LogP contribution in [0.5, 0.6) is 0 Å². The first-order chi connectivity index (χ1) is 7.83. The summed E-state index contributed by atoms with van der Waals surface area (Å²) < 4.78 is 0. The average molecular weight is 243 g/mol. The molecule has 3 heteroatoms. The van der Waals surface area contributed by atoms with Crippen LogP contribution in [0, 0.1) is 5.92 Å². The van der Waals surface area contributed by atoms with Gasteiger partial charge in [-0.05, 0) is 57.2 Å². The number of hydrogen-bond donors (Lipinski definition) is 1. The molecule has 1 heterocycles. The second-order valence-corrected chi connectivity index (χ2v) is 6.24. The van der Waals surface area contributed by atoms with Crippen molar-refractivity contribution in [1.29, 1.82) is 0 Å². The predicted molar refractivity (Wildman–Crippen MR) is 70.9 cm³/mol. The Labute approximate surface area is 104 Å². The molecule has 0 aromatic carbocycles. The minimum atomic E-state index is -0.00819. The van der Waals surface area contributed by atoms with Crippen LogP contribution < -0.4 is 0 Å². The van der Waals surface area contributed by atoms with Gasteiger partial charge in [-0.2, -0.15) is 11.8 Å². The van der Waals surface area contributed by atoms with Gasteiger partial charge in [-0.15, -0.1) is 0 Å². The van der Waals surface area contributed by atoms with Crippen LogP contribution in [0.2, 0.25) is 0 Å². The van der Waals surface area contributed by atoms with E-state index < -0.39 is 0 Å². The molecule has 1 N–H and O–H groups in total. The summed E-state index contributed by atoms with van der Waals surface area (Å²) in [7, 11) is 0. The summed E-state index contributed by atoms with van der Waals surface area (Å²) in [6.07, 6.45) is 9.67. The van der Waals surface area contributed by atoms with Gasteiger partial charge < -0.3 is 5.11 Å². The second-order valence-electron chi connectivity index (χ2n) is 5.25. The van der Waals surface area contributed by atoms with Gasteiger partial charge in [-0.25, -0.2) is 0 Å². The number of thioether (sulfide) groups is 1. The van der Waals surface area contributed by atoms with Crippen molar-refractivity contribution in [2.45, 2.75) is 50.7 Å². The van der Waals surface area contributed by atoms with E-state index in [1.54, 1.807) is 0 Å². The molecule has 0 aromatic rings. The molecule has 0 radical (unpaired) electrons. The quantitative estimate of drug-likeness (QED) is 0.750. The molecule has 1 aliphatic carbocycles. The lowest BCUT2D eigenvalue weighted by Gasteiger charge is -2.31. The fourth-order valence-corrected chi connectivity index (χ4v) is 3.86. The summed E-state index contributed by atoms with van der Waals surface area (Å²) >= 11 is 1.94. The third-order valence-electron chi connectivity index (χ3n) is 4.23. The first kappa shape index (κ1) is 12.7. The van der Waals surface area contributed by atoms with Gasteiger partial charge in [-0.3, -0.25) is 4.90 Å². The molecule has 0 spiro atoms. The molecule has 2 aliphatic rings. The molecule has 1 saturated heterocycles. The van der Waals surface area contributed by atoms with E-state index in [4.69, 9.17) is 0 Å². The molecule has 2 fully saturated rings. The SMILES string of the molecule is CSCCCN1CCCC1C1CCCC1O. The van der Waals surface area contributed by atoms with Crippen LogP contribution in [0.1, 0.15) is 38.5 Å². The smallest absolute Gasteiger partial charge is 0.0583 e. The van der Waals surface area contributed by atoms with E-state index in [-0.39, 0.29) is 6.10 Å². The maximum Gasteiger partial charge on any atom is 0.0583 e. The highest BCUT2D eigenvalue weighted by Gasteiger charge is 2.37. The molecule has 3 atom stereocenters. The number of aliphatic hydroxyl groups is 1. The highest BCUT2D eigenvalue weighted by Crippen LogP contribution is 2.35. The van der Waals surface area contributed by atoms with Gasteiger partial charge >= 0.3 is 0 Å². The molecule has 16 heavy (non-hydrogen) atoms. The molecule has 1 saturated carbocycles. The lowest BCUT2D eigenvalue weighted by molar-refractivity contribution is 0.0748. The van der Waals surface area contributed by atoms with E-state index in [9.17, 15) is 5.11 Å². The van der Waals surface area contributed by atoms with E-state index in [0.717, 1.165) is 6.42 Å². The van der Waals surface area contributed by atoms with Crippen molar-refractivity contribution in [3.05, 3.63) is 0 Å². The summed E-state index contributed by atoms with van der Waals surface area (Å²) in [6.45, 7) is 2.51. The van der Waals surface area contributed by atoms with Gasteiger partial charge in [0.05, 0.1) is 6.10 Å². The van der Waals surface area contributed by atoms with E-state index in [0.29, 0.717) is 12.0 Å². The largest absolute Gasteiger partial charge is 0.393 e. The summed E-state index contributed by atoms with van der Waals surface area (Å²) in [6, 6.07) is 0.694. The van der Waals surface area contributed by atoms with Gasteiger partial charge in [0.1, 0.15) is 0 Å². The summed E-state index contributed by atoms with van der Waals surface area (Å²) in [5.41, 5.74) is 0. The third-order valence-corrected chi connectivity index (χ3v) is 4.93. The molecule has 2 nitrogen and oxygen atoms in total. The number of rotatable bonds is 5. The third kappa shape index (κ3) is 2.93. The Hall–Kier alpha value is 0.270. The average Bonchev–Trinajstić information content (AvgIpc) is 2.87. The zero-order valence-electron chi connectivity index (χ0n) is 10.4. The highest BCUT2D eigenvalue weighted by atomic mass is 32.2. The number of hydrogen-bond acceptors (Lipinski definition) is 3. The van der Waals surface area contributed by atoms with Crippen molar-refractivity contribution in [3.8, 4) is 0 Å². The molecule has 3 unspecified atom stereocenters. The van der Waals surface area contributed by atoms with Crippen LogP contribution in [0.15, 0.2) is 0 Å². The van der Waals surface area contributed by atoms with Crippen molar-refractivity contribution >= 4 is 11.8 Å². The molecule has 1 aliphatic heterocycles. The lowest BCUT2D eigenvalue weighted by atomic mass is 9.94. The highest BCUT2D eigenvalue weighted by molar-refractivity contribution is 7.98. The minimum Gasteiger partial charge on any atom is -0.393 e. The normalized spacial score (nSPS) is 36.0. The second kappa shape index (κ2) is 6.27. The molecule has 0 aromatic heterocycles. The topological polar surface area (TPSA) is 23.5 Å². The first-order valence-electron chi connectivity index (χ1n) is 6.74. The van der Waals surface area contributed by atoms with Gasteiger partial charge in [0.2, 0.25) is 0 Å². The van der Waals surface area contributed by atoms with E-state index in [1.807, 2.05) is 11.8 Å². The monoisotopic (exact) mass is 243 g/mol. The Morgan fingerprint density at radius 2 is 2.12 bits per heavy atom. The van der Waals surface area contributed by atoms with Crippen LogP contribution in [-0.4, -0.2) is 47.3 Å². The number of aliphatic hydroxyl groups excluding tert-OH is 1. The predicted octanol–water partition coefficient (Wildman–Crippen LogP) is 2.36. The van der Waals surface area contributed by atoms with Crippen molar-refractivity contribution in [1.82, 2.24) is 4.90 Å². The Bertz CT molecular complexity index is 212. The van der Waals surface area contributed by atoms with E-state index >= 15 is 0 Å². The van der Waals surface area contributed by atoms with Crippen molar-refractivity contribution in [3.63, 3.8) is 0 Å². The Morgan fingerprint density at radius 3 is 2.81 bits per heavy atom. The molecule has 2 rings (SSSR count). The maximum absolute atomic E-state index is 10.0.